The molecule has 0 spiro atoms. The van der Waals surface area contributed by atoms with E-state index < -0.39 is 11.5 Å². The van der Waals surface area contributed by atoms with Crippen molar-refractivity contribution in [2.75, 3.05) is 0 Å². The molecule has 0 amide bonds. The highest BCUT2D eigenvalue weighted by atomic mass is 16.3. The van der Waals surface area contributed by atoms with E-state index in [9.17, 15) is 10.4 Å². The number of aliphatic hydroxyl groups excluding tert-OH is 1. The summed E-state index contributed by atoms with van der Waals surface area (Å²) >= 11 is 0. The average Bonchev–Trinajstić information content (AvgIpc) is 2.49. The van der Waals surface area contributed by atoms with E-state index in [4.69, 9.17) is 0 Å². The van der Waals surface area contributed by atoms with Crippen LogP contribution in [0.2, 0.25) is 0 Å². The molecule has 102 valence electrons. The van der Waals surface area contributed by atoms with E-state index in [2.05, 4.69) is 18.0 Å². The highest BCUT2D eigenvalue weighted by Gasteiger charge is 2.42. The lowest BCUT2D eigenvalue weighted by atomic mass is 9.66. The van der Waals surface area contributed by atoms with E-state index in [0.717, 1.165) is 37.2 Å². The third-order valence-electron chi connectivity index (χ3n) is 4.44. The van der Waals surface area contributed by atoms with Crippen LogP contribution in [0.25, 0.3) is 0 Å². The second-order valence-corrected chi connectivity index (χ2v) is 5.69. The predicted octanol–water partition coefficient (Wildman–Crippen LogP) is 3.62. The van der Waals surface area contributed by atoms with Gasteiger partial charge in [0.15, 0.2) is 0 Å². The molecule has 1 aliphatic carbocycles. The third-order valence-corrected chi connectivity index (χ3v) is 4.44. The molecule has 3 heteroatoms. The molecule has 1 saturated carbocycles. The van der Waals surface area contributed by atoms with Crippen LogP contribution in [0.5, 0.6) is 0 Å². The molecule has 0 bridgehead atoms. The molecule has 1 fully saturated rings. The van der Waals surface area contributed by atoms with E-state index in [1.165, 1.54) is 12.8 Å². The van der Waals surface area contributed by atoms with Gasteiger partial charge in [0.2, 0.25) is 0 Å². The zero-order chi connectivity index (χ0) is 13.7. The second-order valence-electron chi connectivity index (χ2n) is 5.69. The smallest absolute Gasteiger partial charge is 0.0991 e. The first-order valence-electron chi connectivity index (χ1n) is 7.21. The summed E-state index contributed by atoms with van der Waals surface area (Å²) in [4.78, 5) is 4.04. The van der Waals surface area contributed by atoms with Crippen LogP contribution >= 0.6 is 0 Å². The molecular weight excluding hydrogens is 236 g/mol. The predicted molar refractivity (Wildman–Crippen MR) is 74.1 cm³/mol. The Labute approximate surface area is 115 Å². The van der Waals surface area contributed by atoms with Crippen molar-refractivity contribution in [2.24, 2.45) is 11.3 Å². The molecule has 1 unspecified atom stereocenters. The molecule has 0 aromatic carbocycles. The van der Waals surface area contributed by atoms with E-state index in [1.807, 2.05) is 12.1 Å². The Morgan fingerprint density at radius 1 is 1.53 bits per heavy atom. The van der Waals surface area contributed by atoms with Crippen molar-refractivity contribution in [3.63, 3.8) is 0 Å². The summed E-state index contributed by atoms with van der Waals surface area (Å²) in [7, 11) is 0. The molecular formula is C16H22N2O. The zero-order valence-corrected chi connectivity index (χ0v) is 11.5. The summed E-state index contributed by atoms with van der Waals surface area (Å²) in [6, 6.07) is 6.07. The minimum Gasteiger partial charge on any atom is -0.387 e. The minimum absolute atomic E-state index is 0.618. The SMILES string of the molecule is CCCC1CCC(C#N)(C(O)c2cccnc2)CC1. The molecule has 2 rings (SSSR count). The van der Waals surface area contributed by atoms with Crippen LogP contribution in [0.15, 0.2) is 24.5 Å². The summed E-state index contributed by atoms with van der Waals surface area (Å²) in [6.07, 6.45) is 8.79. The third kappa shape index (κ3) is 2.96. The normalized spacial score (nSPS) is 28.6. The minimum atomic E-state index is -0.714. The van der Waals surface area contributed by atoms with Crippen LogP contribution in [0.1, 0.15) is 57.1 Å². The Morgan fingerprint density at radius 2 is 2.26 bits per heavy atom. The highest BCUT2D eigenvalue weighted by molar-refractivity contribution is 5.20. The lowest BCUT2D eigenvalue weighted by molar-refractivity contribution is 0.0234. The number of rotatable bonds is 4. The number of aromatic nitrogens is 1. The van der Waals surface area contributed by atoms with Gasteiger partial charge in [-0.2, -0.15) is 5.26 Å². The van der Waals surface area contributed by atoms with Crippen molar-refractivity contribution in [2.45, 2.75) is 51.6 Å². The lowest BCUT2D eigenvalue weighted by Gasteiger charge is -2.38. The summed E-state index contributed by atoms with van der Waals surface area (Å²) in [5.74, 6) is 0.729. The van der Waals surface area contributed by atoms with Crippen LogP contribution in [0.4, 0.5) is 0 Å². The first-order valence-corrected chi connectivity index (χ1v) is 7.21. The first kappa shape index (κ1) is 14.0. The fraction of sp³-hybridized carbons (Fsp3) is 0.625. The molecule has 1 aliphatic rings. The van der Waals surface area contributed by atoms with Gasteiger partial charge in [0.25, 0.3) is 0 Å². The van der Waals surface area contributed by atoms with Crippen LogP contribution in [0.3, 0.4) is 0 Å². The van der Waals surface area contributed by atoms with Crippen molar-refractivity contribution >= 4 is 0 Å². The van der Waals surface area contributed by atoms with Gasteiger partial charge in [0, 0.05) is 18.0 Å². The van der Waals surface area contributed by atoms with E-state index >= 15 is 0 Å². The number of aliphatic hydroxyl groups is 1. The van der Waals surface area contributed by atoms with Gasteiger partial charge in [-0.3, -0.25) is 4.98 Å². The quantitative estimate of drug-likeness (QED) is 0.897. The topological polar surface area (TPSA) is 56.9 Å². The Kier molecular flexibility index (Phi) is 4.55. The Balaban J connectivity index is 2.10. The molecule has 3 nitrogen and oxygen atoms in total. The fourth-order valence-corrected chi connectivity index (χ4v) is 3.19. The maximum atomic E-state index is 10.5. The summed E-state index contributed by atoms with van der Waals surface area (Å²) < 4.78 is 0. The summed E-state index contributed by atoms with van der Waals surface area (Å²) in [5, 5.41) is 20.1. The van der Waals surface area contributed by atoms with Crippen molar-refractivity contribution in [3.8, 4) is 6.07 Å². The van der Waals surface area contributed by atoms with Crippen LogP contribution in [-0.4, -0.2) is 10.1 Å². The Hall–Kier alpha value is -1.40. The molecule has 1 aromatic heterocycles. The molecule has 1 atom stereocenters. The van der Waals surface area contributed by atoms with Gasteiger partial charge in [0.1, 0.15) is 0 Å². The zero-order valence-electron chi connectivity index (χ0n) is 11.5. The molecule has 19 heavy (non-hydrogen) atoms. The van der Waals surface area contributed by atoms with Crippen LogP contribution < -0.4 is 0 Å². The van der Waals surface area contributed by atoms with Gasteiger partial charge in [-0.05, 0) is 37.7 Å². The molecule has 0 aliphatic heterocycles. The number of hydrogen-bond donors (Lipinski definition) is 1. The molecule has 0 radical (unpaired) electrons. The van der Waals surface area contributed by atoms with Gasteiger partial charge >= 0.3 is 0 Å². The van der Waals surface area contributed by atoms with Gasteiger partial charge in [-0.15, -0.1) is 0 Å². The molecule has 1 aromatic rings. The fourth-order valence-electron chi connectivity index (χ4n) is 3.19. The van der Waals surface area contributed by atoms with Gasteiger partial charge in [0.05, 0.1) is 17.6 Å². The Bertz CT molecular complexity index is 430. The monoisotopic (exact) mass is 258 g/mol. The lowest BCUT2D eigenvalue weighted by Crippen LogP contribution is -2.32. The first-order chi connectivity index (χ1) is 9.22. The molecule has 1 heterocycles. The molecule has 0 saturated heterocycles. The average molecular weight is 258 g/mol. The highest BCUT2D eigenvalue weighted by Crippen LogP contribution is 2.47. The van der Waals surface area contributed by atoms with Gasteiger partial charge in [-0.1, -0.05) is 25.8 Å². The second kappa shape index (κ2) is 6.16. The van der Waals surface area contributed by atoms with E-state index in [-0.39, 0.29) is 0 Å². The van der Waals surface area contributed by atoms with Crippen molar-refractivity contribution in [3.05, 3.63) is 30.1 Å². The summed E-state index contributed by atoms with van der Waals surface area (Å²) in [6.45, 7) is 2.20. The van der Waals surface area contributed by atoms with Crippen LogP contribution in [0, 0.1) is 22.7 Å². The van der Waals surface area contributed by atoms with Crippen molar-refractivity contribution < 1.29 is 5.11 Å². The number of hydrogen-bond acceptors (Lipinski definition) is 3. The maximum Gasteiger partial charge on any atom is 0.0991 e. The van der Waals surface area contributed by atoms with Crippen molar-refractivity contribution in [1.29, 1.82) is 5.26 Å². The van der Waals surface area contributed by atoms with Gasteiger partial charge < -0.3 is 5.11 Å². The largest absolute Gasteiger partial charge is 0.387 e. The Morgan fingerprint density at radius 3 is 2.79 bits per heavy atom. The number of pyridine rings is 1. The van der Waals surface area contributed by atoms with Crippen molar-refractivity contribution in [1.82, 2.24) is 4.98 Å². The standard InChI is InChI=1S/C16H22N2O/c1-2-4-13-6-8-16(12-17,9-7-13)15(19)14-5-3-10-18-11-14/h3,5,10-11,13,15,19H,2,4,6-9H2,1H3. The number of nitrogens with zero attached hydrogens (tertiary/aromatic N) is 2. The number of nitriles is 1. The van der Waals surface area contributed by atoms with Gasteiger partial charge in [-0.25, -0.2) is 0 Å². The van der Waals surface area contributed by atoms with E-state index in [0.29, 0.717) is 0 Å². The maximum absolute atomic E-state index is 10.5. The van der Waals surface area contributed by atoms with Crippen LogP contribution in [-0.2, 0) is 0 Å². The molecule has 1 N–H and O–H groups in total. The van der Waals surface area contributed by atoms with E-state index in [1.54, 1.807) is 12.4 Å². The summed E-state index contributed by atoms with van der Waals surface area (Å²) in [5.41, 5.74) is 0.144.